The van der Waals surface area contributed by atoms with Crippen LogP contribution in [0.15, 0.2) is 48.5 Å². The average Bonchev–Trinajstić information content (AvgIpc) is 3.02. The summed E-state index contributed by atoms with van der Waals surface area (Å²) >= 11 is 0. The molecular weight excluding hydrogens is 368 g/mol. The van der Waals surface area contributed by atoms with Gasteiger partial charge in [0.25, 0.3) is 0 Å². The largest absolute Gasteiger partial charge is 0.497 e. The van der Waals surface area contributed by atoms with Crippen molar-refractivity contribution in [3.05, 3.63) is 59.7 Å². The molecule has 0 bridgehead atoms. The average molecular weight is 392 g/mol. The van der Waals surface area contributed by atoms with Gasteiger partial charge in [-0.15, -0.1) is 0 Å². The van der Waals surface area contributed by atoms with Crippen LogP contribution in [0.2, 0.25) is 0 Å². The van der Waals surface area contributed by atoms with Crippen molar-refractivity contribution in [3.63, 3.8) is 0 Å². The molecule has 0 aromatic heterocycles. The van der Waals surface area contributed by atoms with E-state index in [-0.39, 0.29) is 36.2 Å². The SMILES string of the molecule is COc1ccc2c(c1)OCC1C2N2C(=O)CN(C)C(=O)[C@@]2(C)C1c1ccccc1. The Labute approximate surface area is 170 Å². The van der Waals surface area contributed by atoms with Crippen LogP contribution >= 0.6 is 0 Å². The third-order valence-electron chi connectivity index (χ3n) is 6.77. The standard InChI is InChI=1S/C23H24N2O4/c1-23-20(14-7-5-4-6-8-14)17-13-29-18-11-15(28-3)9-10-16(18)21(17)25(23)19(26)12-24(2)22(23)27/h4-11,17,20-21H,12-13H2,1-3H3/t17?,20?,21?,23-/m1/s1. The zero-order valence-corrected chi connectivity index (χ0v) is 16.8. The fraction of sp³-hybridized carbons (Fsp3) is 0.391. The summed E-state index contributed by atoms with van der Waals surface area (Å²) in [5, 5.41) is 0. The fourth-order valence-corrected chi connectivity index (χ4v) is 5.60. The van der Waals surface area contributed by atoms with Crippen LogP contribution in [-0.2, 0) is 9.59 Å². The molecule has 2 aromatic rings. The number of carbonyl (C=O) groups is 2. The minimum absolute atomic E-state index is 0.0114. The smallest absolute Gasteiger partial charge is 0.249 e. The summed E-state index contributed by atoms with van der Waals surface area (Å²) < 4.78 is 11.5. The van der Waals surface area contributed by atoms with Gasteiger partial charge < -0.3 is 19.3 Å². The van der Waals surface area contributed by atoms with E-state index in [9.17, 15) is 9.59 Å². The first kappa shape index (κ1) is 18.0. The predicted octanol–water partition coefficient (Wildman–Crippen LogP) is 2.60. The van der Waals surface area contributed by atoms with Crippen molar-refractivity contribution in [2.75, 3.05) is 27.3 Å². The summed E-state index contributed by atoms with van der Waals surface area (Å²) in [4.78, 5) is 30.1. The Morgan fingerprint density at radius 3 is 2.62 bits per heavy atom. The van der Waals surface area contributed by atoms with E-state index in [1.165, 1.54) is 0 Å². The number of hydrogen-bond acceptors (Lipinski definition) is 4. The molecule has 2 saturated heterocycles. The van der Waals surface area contributed by atoms with Gasteiger partial charge in [0.2, 0.25) is 11.8 Å². The molecule has 6 heteroatoms. The number of rotatable bonds is 2. The van der Waals surface area contributed by atoms with E-state index in [2.05, 4.69) is 0 Å². The lowest BCUT2D eigenvalue weighted by Crippen LogP contribution is -2.65. The molecule has 0 saturated carbocycles. The molecule has 2 aromatic carbocycles. The molecule has 2 amide bonds. The molecule has 2 fully saturated rings. The maximum Gasteiger partial charge on any atom is 0.249 e. The molecule has 29 heavy (non-hydrogen) atoms. The van der Waals surface area contributed by atoms with Crippen LogP contribution in [0, 0.1) is 5.92 Å². The highest BCUT2D eigenvalue weighted by Crippen LogP contribution is 2.59. The molecule has 3 aliphatic heterocycles. The lowest BCUT2D eigenvalue weighted by molar-refractivity contribution is -0.162. The zero-order chi connectivity index (χ0) is 20.3. The van der Waals surface area contributed by atoms with E-state index in [0.717, 1.165) is 16.9 Å². The van der Waals surface area contributed by atoms with Gasteiger partial charge in [0, 0.05) is 30.5 Å². The molecule has 0 radical (unpaired) electrons. The third-order valence-corrected chi connectivity index (χ3v) is 6.77. The van der Waals surface area contributed by atoms with E-state index >= 15 is 0 Å². The van der Waals surface area contributed by atoms with Gasteiger partial charge in [0.15, 0.2) is 0 Å². The summed E-state index contributed by atoms with van der Waals surface area (Å²) in [6, 6.07) is 15.5. The van der Waals surface area contributed by atoms with Gasteiger partial charge in [0.1, 0.15) is 17.0 Å². The van der Waals surface area contributed by atoms with E-state index in [0.29, 0.717) is 12.4 Å². The number of carbonyl (C=O) groups excluding carboxylic acids is 2. The number of methoxy groups -OCH3 is 1. The van der Waals surface area contributed by atoms with Crippen LogP contribution in [0.4, 0.5) is 0 Å². The van der Waals surface area contributed by atoms with Gasteiger partial charge >= 0.3 is 0 Å². The number of ether oxygens (including phenoxy) is 2. The lowest BCUT2D eigenvalue weighted by Gasteiger charge is -2.46. The Balaban J connectivity index is 1.72. The van der Waals surface area contributed by atoms with Crippen LogP contribution in [0.25, 0.3) is 0 Å². The van der Waals surface area contributed by atoms with Gasteiger partial charge in [-0.25, -0.2) is 0 Å². The maximum atomic E-state index is 13.5. The number of amides is 2. The molecule has 5 rings (SSSR count). The van der Waals surface area contributed by atoms with Crippen molar-refractivity contribution in [2.24, 2.45) is 5.92 Å². The van der Waals surface area contributed by atoms with Gasteiger partial charge in [0.05, 0.1) is 26.3 Å². The second-order valence-electron chi connectivity index (χ2n) is 8.28. The number of likely N-dealkylation sites (N-methyl/N-ethyl adjacent to an activating group) is 1. The van der Waals surface area contributed by atoms with Crippen LogP contribution < -0.4 is 9.47 Å². The Morgan fingerprint density at radius 2 is 1.90 bits per heavy atom. The molecule has 150 valence electrons. The molecule has 3 heterocycles. The summed E-state index contributed by atoms with van der Waals surface area (Å²) in [7, 11) is 3.33. The highest BCUT2D eigenvalue weighted by atomic mass is 16.5. The number of hydrogen-bond donors (Lipinski definition) is 0. The molecule has 4 atom stereocenters. The molecule has 0 aliphatic carbocycles. The van der Waals surface area contributed by atoms with Gasteiger partial charge in [-0.05, 0) is 24.6 Å². The molecule has 0 N–H and O–H groups in total. The summed E-state index contributed by atoms with van der Waals surface area (Å²) in [6.07, 6.45) is 0. The first-order valence-corrected chi connectivity index (χ1v) is 9.90. The maximum absolute atomic E-state index is 13.5. The Hall–Kier alpha value is -3.02. The molecule has 3 unspecified atom stereocenters. The van der Waals surface area contributed by atoms with Crippen molar-refractivity contribution in [3.8, 4) is 11.5 Å². The molecule has 0 spiro atoms. The van der Waals surface area contributed by atoms with E-state index in [1.807, 2.05) is 60.4 Å². The Kier molecular flexibility index (Phi) is 3.88. The highest BCUT2D eigenvalue weighted by molar-refractivity contribution is 5.99. The Bertz CT molecular complexity index is 992. The predicted molar refractivity (Wildman–Crippen MR) is 107 cm³/mol. The normalized spacial score (nSPS) is 30.4. The number of nitrogens with zero attached hydrogens (tertiary/aromatic N) is 2. The second-order valence-corrected chi connectivity index (χ2v) is 8.28. The number of piperazine rings is 1. The molecule has 6 nitrogen and oxygen atoms in total. The Morgan fingerprint density at radius 1 is 1.14 bits per heavy atom. The van der Waals surface area contributed by atoms with Crippen molar-refractivity contribution in [1.82, 2.24) is 9.80 Å². The minimum atomic E-state index is -0.953. The third kappa shape index (κ3) is 2.35. The van der Waals surface area contributed by atoms with E-state index in [1.54, 1.807) is 19.1 Å². The van der Waals surface area contributed by atoms with Gasteiger partial charge in [-0.3, -0.25) is 9.59 Å². The summed E-state index contributed by atoms with van der Waals surface area (Å²) in [5.74, 6) is 1.23. The van der Waals surface area contributed by atoms with Crippen LogP contribution in [0.1, 0.15) is 30.0 Å². The van der Waals surface area contributed by atoms with E-state index in [4.69, 9.17) is 9.47 Å². The van der Waals surface area contributed by atoms with Gasteiger partial charge in [-0.1, -0.05) is 30.3 Å². The van der Waals surface area contributed by atoms with Crippen LogP contribution in [0.5, 0.6) is 11.5 Å². The highest BCUT2D eigenvalue weighted by Gasteiger charge is 2.66. The quantitative estimate of drug-likeness (QED) is 0.788. The number of benzene rings is 2. The first-order chi connectivity index (χ1) is 14.0. The van der Waals surface area contributed by atoms with E-state index < -0.39 is 5.54 Å². The summed E-state index contributed by atoms with van der Waals surface area (Å²) in [6.45, 7) is 2.47. The molecular formula is C23H24N2O4. The van der Waals surface area contributed by atoms with Crippen molar-refractivity contribution < 1.29 is 19.1 Å². The second kappa shape index (κ2) is 6.24. The number of fused-ring (bicyclic) bond motifs is 5. The lowest BCUT2D eigenvalue weighted by atomic mass is 9.73. The van der Waals surface area contributed by atoms with Crippen LogP contribution in [-0.4, -0.2) is 54.5 Å². The van der Waals surface area contributed by atoms with Crippen molar-refractivity contribution in [1.29, 1.82) is 0 Å². The monoisotopic (exact) mass is 392 g/mol. The van der Waals surface area contributed by atoms with Crippen molar-refractivity contribution >= 4 is 11.8 Å². The topological polar surface area (TPSA) is 59.1 Å². The van der Waals surface area contributed by atoms with Crippen LogP contribution in [0.3, 0.4) is 0 Å². The van der Waals surface area contributed by atoms with Crippen molar-refractivity contribution in [2.45, 2.75) is 24.4 Å². The van der Waals surface area contributed by atoms with Gasteiger partial charge in [-0.2, -0.15) is 0 Å². The zero-order valence-electron chi connectivity index (χ0n) is 16.8. The molecule has 3 aliphatic rings. The minimum Gasteiger partial charge on any atom is -0.497 e. The first-order valence-electron chi connectivity index (χ1n) is 9.90. The fourth-order valence-electron chi connectivity index (χ4n) is 5.60. The summed E-state index contributed by atoms with van der Waals surface area (Å²) in [5.41, 5.74) is 1.05.